The Hall–Kier alpha value is -0.633. The largest absolute Gasteiger partial charge is 0.317 e. The number of halogens is 1. The third kappa shape index (κ3) is 1.67. The van der Waals surface area contributed by atoms with Crippen LogP contribution in [-0.2, 0) is 0 Å². The van der Waals surface area contributed by atoms with E-state index in [1.54, 1.807) is 0 Å². The van der Waals surface area contributed by atoms with E-state index in [9.17, 15) is 4.11 Å². The molecule has 0 N–H and O–H groups in total. The Labute approximate surface area is 63.1 Å². The molecular weight excluding hydrogens is 143 g/mol. The fourth-order valence-electron chi connectivity index (χ4n) is 1.15. The molecule has 0 aliphatic carbocycles. The number of rotatable bonds is 1. The van der Waals surface area contributed by atoms with Crippen molar-refractivity contribution in [2.75, 3.05) is 0 Å². The molecule has 2 heteroatoms. The fraction of sp³-hybridized carbons (Fsp3) is 0.250. The van der Waals surface area contributed by atoms with Crippen LogP contribution in [0.2, 0.25) is 0 Å². The summed E-state index contributed by atoms with van der Waals surface area (Å²) in [6.07, 6.45) is 0. The summed E-state index contributed by atoms with van der Waals surface area (Å²) < 4.78 is 12.2. The zero-order valence-electron chi connectivity index (χ0n) is 6.32. The minimum Gasteiger partial charge on any atom is -0.317 e. The minimum absolute atomic E-state index is 0.914. The number of hydrogen-bond donors (Lipinski definition) is 0. The first-order valence-electron chi connectivity index (χ1n) is 3.35. The van der Waals surface area contributed by atoms with E-state index in [0.717, 1.165) is 5.19 Å². The van der Waals surface area contributed by atoms with Gasteiger partial charge in [0.15, 0.2) is 0 Å². The van der Waals surface area contributed by atoms with Crippen LogP contribution in [0.15, 0.2) is 18.2 Å². The summed E-state index contributed by atoms with van der Waals surface area (Å²) in [6.45, 7) is 4.00. The van der Waals surface area contributed by atoms with Gasteiger partial charge in [-0.1, -0.05) is 29.3 Å². The van der Waals surface area contributed by atoms with Crippen LogP contribution >= 0.6 is 0 Å². The standard InChI is InChI=1S/C8H11FSi/c1-6-3-7(2)5-8(4-6)10-9/h3-5H,10H2,1-2H3. The lowest BCUT2D eigenvalue weighted by Crippen LogP contribution is -2.09. The summed E-state index contributed by atoms with van der Waals surface area (Å²) in [4.78, 5) is 0. The number of benzene rings is 1. The molecule has 0 aromatic heterocycles. The maximum atomic E-state index is 12.2. The molecule has 0 unspecified atom stereocenters. The SMILES string of the molecule is Cc1cc(C)cc([SiH2]F)c1. The average molecular weight is 154 g/mol. The van der Waals surface area contributed by atoms with Gasteiger partial charge in [0, 0.05) is 0 Å². The van der Waals surface area contributed by atoms with Crippen molar-refractivity contribution in [2.45, 2.75) is 13.8 Å². The van der Waals surface area contributed by atoms with Gasteiger partial charge in [0.05, 0.1) is 0 Å². The highest BCUT2D eigenvalue weighted by Crippen LogP contribution is 1.99. The molecule has 0 radical (unpaired) electrons. The van der Waals surface area contributed by atoms with E-state index >= 15 is 0 Å². The third-order valence-corrected chi connectivity index (χ3v) is 2.15. The molecule has 0 atom stereocenters. The van der Waals surface area contributed by atoms with Gasteiger partial charge in [-0.3, -0.25) is 0 Å². The van der Waals surface area contributed by atoms with Crippen molar-refractivity contribution in [2.24, 2.45) is 0 Å². The van der Waals surface area contributed by atoms with Crippen LogP contribution in [-0.4, -0.2) is 9.85 Å². The predicted molar refractivity (Wildman–Crippen MR) is 45.2 cm³/mol. The van der Waals surface area contributed by atoms with Gasteiger partial charge in [0.1, 0.15) is 0 Å². The first-order chi connectivity index (χ1) is 4.72. The van der Waals surface area contributed by atoms with E-state index in [2.05, 4.69) is 6.07 Å². The van der Waals surface area contributed by atoms with Crippen LogP contribution in [0.4, 0.5) is 4.11 Å². The van der Waals surface area contributed by atoms with Gasteiger partial charge >= 0.3 is 0 Å². The van der Waals surface area contributed by atoms with E-state index < -0.39 is 9.85 Å². The van der Waals surface area contributed by atoms with Crippen molar-refractivity contribution >= 4 is 15.0 Å². The van der Waals surface area contributed by atoms with Crippen LogP contribution < -0.4 is 5.19 Å². The lowest BCUT2D eigenvalue weighted by molar-refractivity contribution is 0.884. The van der Waals surface area contributed by atoms with Crippen molar-refractivity contribution in [3.05, 3.63) is 29.3 Å². The molecule has 0 aliphatic rings. The summed E-state index contributed by atoms with van der Waals surface area (Å²) in [7, 11) is -1.45. The lowest BCUT2D eigenvalue weighted by atomic mass is 10.2. The van der Waals surface area contributed by atoms with Gasteiger partial charge in [-0.15, -0.1) is 0 Å². The third-order valence-electron chi connectivity index (χ3n) is 1.44. The molecule has 54 valence electrons. The minimum atomic E-state index is -1.45. The second-order valence-corrected chi connectivity index (χ2v) is 3.71. The molecule has 1 aromatic carbocycles. The van der Waals surface area contributed by atoms with Gasteiger partial charge in [-0.25, -0.2) is 0 Å². The maximum absolute atomic E-state index is 12.2. The predicted octanol–water partition coefficient (Wildman–Crippen LogP) is 0.982. The van der Waals surface area contributed by atoms with Gasteiger partial charge in [0.25, 0.3) is 0 Å². The second-order valence-electron chi connectivity index (χ2n) is 2.63. The summed E-state index contributed by atoms with van der Waals surface area (Å²) in [6, 6.07) is 5.92. The normalized spacial score (nSPS) is 11.1. The van der Waals surface area contributed by atoms with Gasteiger partial charge in [0.2, 0.25) is 9.85 Å². The van der Waals surface area contributed by atoms with Gasteiger partial charge < -0.3 is 4.11 Å². The van der Waals surface area contributed by atoms with E-state index in [0.29, 0.717) is 0 Å². The molecule has 0 aliphatic heterocycles. The molecule has 0 spiro atoms. The van der Waals surface area contributed by atoms with Crippen LogP contribution in [0.5, 0.6) is 0 Å². The summed E-state index contributed by atoms with van der Waals surface area (Å²) >= 11 is 0. The monoisotopic (exact) mass is 154 g/mol. The number of hydrogen-bond acceptors (Lipinski definition) is 0. The van der Waals surface area contributed by atoms with Crippen molar-refractivity contribution < 1.29 is 4.11 Å². The van der Waals surface area contributed by atoms with Gasteiger partial charge in [-0.2, -0.15) is 0 Å². The summed E-state index contributed by atoms with van der Waals surface area (Å²) in [5.41, 5.74) is 2.33. The smallest absolute Gasteiger partial charge is 0.247 e. The van der Waals surface area contributed by atoms with E-state index in [-0.39, 0.29) is 0 Å². The molecule has 1 aromatic rings. The van der Waals surface area contributed by atoms with Crippen molar-refractivity contribution in [1.29, 1.82) is 0 Å². The van der Waals surface area contributed by atoms with Crippen LogP contribution in [0.3, 0.4) is 0 Å². The van der Waals surface area contributed by atoms with Crippen molar-refractivity contribution in [1.82, 2.24) is 0 Å². The summed E-state index contributed by atoms with van der Waals surface area (Å²) in [5, 5.41) is 0.914. The molecule has 0 heterocycles. The molecule has 0 nitrogen and oxygen atoms in total. The molecule has 0 saturated carbocycles. The van der Waals surface area contributed by atoms with E-state index in [1.165, 1.54) is 11.1 Å². The Morgan fingerprint density at radius 3 is 2.00 bits per heavy atom. The molecular formula is C8H11FSi. The van der Waals surface area contributed by atoms with Crippen LogP contribution in [0.1, 0.15) is 11.1 Å². The Bertz CT molecular complexity index is 212. The number of aryl methyl sites for hydroxylation is 2. The highest BCUT2D eigenvalue weighted by atomic mass is 28.3. The van der Waals surface area contributed by atoms with Crippen molar-refractivity contribution in [3.8, 4) is 0 Å². The summed E-state index contributed by atoms with van der Waals surface area (Å²) in [5.74, 6) is 0. The van der Waals surface area contributed by atoms with Crippen LogP contribution in [0.25, 0.3) is 0 Å². The zero-order valence-corrected chi connectivity index (χ0v) is 7.73. The maximum Gasteiger partial charge on any atom is 0.247 e. The molecule has 10 heavy (non-hydrogen) atoms. The van der Waals surface area contributed by atoms with E-state index in [4.69, 9.17) is 0 Å². The average Bonchev–Trinajstić information content (AvgIpc) is 1.85. The highest BCUT2D eigenvalue weighted by Gasteiger charge is 1.94. The topological polar surface area (TPSA) is 0 Å². The first kappa shape index (κ1) is 7.47. The Kier molecular flexibility index (Phi) is 2.22. The highest BCUT2D eigenvalue weighted by molar-refractivity contribution is 6.46. The molecule has 0 fully saturated rings. The zero-order chi connectivity index (χ0) is 7.56. The van der Waals surface area contributed by atoms with Gasteiger partial charge in [-0.05, 0) is 19.0 Å². The van der Waals surface area contributed by atoms with E-state index in [1.807, 2.05) is 26.0 Å². The first-order valence-corrected chi connectivity index (χ1v) is 4.59. The second kappa shape index (κ2) is 2.97. The van der Waals surface area contributed by atoms with Crippen LogP contribution in [0, 0.1) is 13.8 Å². The van der Waals surface area contributed by atoms with Crippen molar-refractivity contribution in [3.63, 3.8) is 0 Å². The fourth-order valence-corrected chi connectivity index (χ4v) is 1.94. The molecule has 1 rings (SSSR count). The molecule has 0 amide bonds. The lowest BCUT2D eigenvalue weighted by Gasteiger charge is -1.98. The Morgan fingerprint density at radius 2 is 1.60 bits per heavy atom. The molecule has 0 saturated heterocycles. The molecule has 0 bridgehead atoms. The Morgan fingerprint density at radius 1 is 1.10 bits per heavy atom. The Balaban J connectivity index is 3.06. The quantitative estimate of drug-likeness (QED) is 0.418.